The molecule has 2 N–H and O–H groups in total. The van der Waals surface area contributed by atoms with Crippen LogP contribution in [0.2, 0.25) is 10.0 Å². The van der Waals surface area contributed by atoms with Crippen molar-refractivity contribution in [3.63, 3.8) is 0 Å². The van der Waals surface area contributed by atoms with Crippen LogP contribution in [0.5, 0.6) is 0 Å². The Hall–Kier alpha value is -0.770. The van der Waals surface area contributed by atoms with Gasteiger partial charge < -0.3 is 10.4 Å². The molecule has 0 aliphatic carbocycles. The molecule has 0 aliphatic rings. The van der Waals surface area contributed by atoms with E-state index in [4.69, 9.17) is 28.3 Å². The van der Waals surface area contributed by atoms with Gasteiger partial charge in [-0.25, -0.2) is 0 Å². The lowest BCUT2D eigenvalue weighted by Gasteiger charge is -2.10. The molecule has 0 saturated carbocycles. The molecule has 0 unspecified atom stereocenters. The van der Waals surface area contributed by atoms with Crippen LogP contribution in [0, 0.1) is 0 Å². The molecule has 0 spiro atoms. The van der Waals surface area contributed by atoms with E-state index in [0.29, 0.717) is 16.6 Å². The van der Waals surface area contributed by atoms with Crippen LogP contribution in [0.3, 0.4) is 0 Å². The van der Waals surface area contributed by atoms with E-state index < -0.39 is 12.0 Å². The SMILES string of the molecule is C[C@@H](NCCCc1c(Cl)cccc1Cl)C(=O)O. The molecule has 0 fully saturated rings. The Labute approximate surface area is 111 Å². The molecule has 5 heteroatoms. The number of benzene rings is 1. The van der Waals surface area contributed by atoms with Crippen LogP contribution in [-0.2, 0) is 11.2 Å². The van der Waals surface area contributed by atoms with E-state index in [2.05, 4.69) is 5.32 Å². The molecule has 94 valence electrons. The van der Waals surface area contributed by atoms with Gasteiger partial charge in [-0.3, -0.25) is 4.79 Å². The van der Waals surface area contributed by atoms with Gasteiger partial charge in [0.1, 0.15) is 6.04 Å². The highest BCUT2D eigenvalue weighted by Crippen LogP contribution is 2.25. The van der Waals surface area contributed by atoms with Crippen LogP contribution >= 0.6 is 23.2 Å². The van der Waals surface area contributed by atoms with Crippen molar-refractivity contribution in [3.05, 3.63) is 33.8 Å². The molecule has 0 aromatic heterocycles. The third-order valence-electron chi connectivity index (χ3n) is 2.49. The fourth-order valence-corrected chi connectivity index (χ4v) is 2.03. The lowest BCUT2D eigenvalue weighted by molar-refractivity contribution is -0.138. The second-order valence-electron chi connectivity index (χ2n) is 3.82. The summed E-state index contributed by atoms with van der Waals surface area (Å²) in [5.41, 5.74) is 0.917. The summed E-state index contributed by atoms with van der Waals surface area (Å²) in [7, 11) is 0. The lowest BCUT2D eigenvalue weighted by atomic mass is 10.1. The highest BCUT2D eigenvalue weighted by molar-refractivity contribution is 6.35. The number of nitrogens with one attached hydrogen (secondary N) is 1. The summed E-state index contributed by atoms with van der Waals surface area (Å²) in [5.74, 6) is -0.847. The van der Waals surface area contributed by atoms with E-state index >= 15 is 0 Å². The minimum Gasteiger partial charge on any atom is -0.480 e. The van der Waals surface area contributed by atoms with E-state index in [1.54, 1.807) is 25.1 Å². The van der Waals surface area contributed by atoms with Crippen molar-refractivity contribution in [2.24, 2.45) is 0 Å². The van der Waals surface area contributed by atoms with Crippen molar-refractivity contribution in [2.45, 2.75) is 25.8 Å². The number of rotatable bonds is 6. The van der Waals surface area contributed by atoms with Crippen LogP contribution in [0.1, 0.15) is 18.9 Å². The smallest absolute Gasteiger partial charge is 0.320 e. The zero-order valence-electron chi connectivity index (χ0n) is 9.54. The number of carboxylic acid groups (broad SMARTS) is 1. The van der Waals surface area contributed by atoms with E-state index in [0.717, 1.165) is 18.4 Å². The van der Waals surface area contributed by atoms with Crippen molar-refractivity contribution >= 4 is 29.2 Å². The van der Waals surface area contributed by atoms with Gasteiger partial charge in [-0.05, 0) is 44.0 Å². The third-order valence-corrected chi connectivity index (χ3v) is 3.19. The molecule has 0 radical (unpaired) electrons. The first-order chi connectivity index (χ1) is 8.02. The fraction of sp³-hybridized carbons (Fsp3) is 0.417. The van der Waals surface area contributed by atoms with Crippen molar-refractivity contribution in [1.82, 2.24) is 5.32 Å². The molecule has 1 aromatic rings. The molecular formula is C12H15Cl2NO2. The molecule has 0 heterocycles. The zero-order chi connectivity index (χ0) is 12.8. The van der Waals surface area contributed by atoms with Crippen molar-refractivity contribution in [3.8, 4) is 0 Å². The van der Waals surface area contributed by atoms with E-state index in [1.165, 1.54) is 0 Å². The number of halogens is 2. The molecule has 0 bridgehead atoms. The summed E-state index contributed by atoms with van der Waals surface area (Å²) in [4.78, 5) is 10.6. The molecule has 0 saturated heterocycles. The highest BCUT2D eigenvalue weighted by Gasteiger charge is 2.09. The number of hydrogen-bond donors (Lipinski definition) is 2. The van der Waals surface area contributed by atoms with Crippen LogP contribution in [0.25, 0.3) is 0 Å². The number of carbonyl (C=O) groups is 1. The van der Waals surface area contributed by atoms with Gasteiger partial charge in [0.2, 0.25) is 0 Å². The molecule has 0 amide bonds. The Morgan fingerprint density at radius 3 is 2.53 bits per heavy atom. The standard InChI is InChI=1S/C12H15Cl2NO2/c1-8(12(16)17)15-7-3-4-9-10(13)5-2-6-11(9)14/h2,5-6,8,15H,3-4,7H2,1H3,(H,16,17)/t8-/m1/s1. The first-order valence-electron chi connectivity index (χ1n) is 5.41. The number of carboxylic acids is 1. The predicted octanol–water partition coefficient (Wildman–Crippen LogP) is 2.99. The highest BCUT2D eigenvalue weighted by atomic mass is 35.5. The maximum atomic E-state index is 10.6. The van der Waals surface area contributed by atoms with Gasteiger partial charge in [0, 0.05) is 10.0 Å². The summed E-state index contributed by atoms with van der Waals surface area (Å²) < 4.78 is 0. The summed E-state index contributed by atoms with van der Waals surface area (Å²) in [6, 6.07) is 4.88. The van der Waals surface area contributed by atoms with E-state index in [9.17, 15) is 4.79 Å². The average molecular weight is 276 g/mol. The normalized spacial score (nSPS) is 12.4. The number of aliphatic carboxylic acids is 1. The second-order valence-corrected chi connectivity index (χ2v) is 4.63. The number of hydrogen-bond acceptors (Lipinski definition) is 2. The van der Waals surface area contributed by atoms with E-state index in [-0.39, 0.29) is 0 Å². The Morgan fingerprint density at radius 2 is 2.00 bits per heavy atom. The molecular weight excluding hydrogens is 261 g/mol. The Morgan fingerprint density at radius 1 is 1.41 bits per heavy atom. The van der Waals surface area contributed by atoms with Crippen LogP contribution in [0.15, 0.2) is 18.2 Å². The first-order valence-corrected chi connectivity index (χ1v) is 6.17. The van der Waals surface area contributed by atoms with E-state index in [1.807, 2.05) is 0 Å². The lowest BCUT2D eigenvalue weighted by Crippen LogP contribution is -2.34. The van der Waals surface area contributed by atoms with Crippen molar-refractivity contribution in [1.29, 1.82) is 0 Å². The largest absolute Gasteiger partial charge is 0.480 e. The maximum absolute atomic E-state index is 10.6. The van der Waals surface area contributed by atoms with Crippen LogP contribution in [0.4, 0.5) is 0 Å². The zero-order valence-corrected chi connectivity index (χ0v) is 11.1. The fourth-order valence-electron chi connectivity index (χ4n) is 1.44. The monoisotopic (exact) mass is 275 g/mol. The van der Waals surface area contributed by atoms with Crippen molar-refractivity contribution < 1.29 is 9.90 Å². The van der Waals surface area contributed by atoms with Gasteiger partial charge in [-0.1, -0.05) is 29.3 Å². The molecule has 1 aromatic carbocycles. The molecule has 3 nitrogen and oxygen atoms in total. The van der Waals surface area contributed by atoms with Gasteiger partial charge >= 0.3 is 5.97 Å². The third kappa shape index (κ3) is 4.54. The van der Waals surface area contributed by atoms with Crippen molar-refractivity contribution in [2.75, 3.05) is 6.54 Å². The van der Waals surface area contributed by atoms with Gasteiger partial charge in [-0.2, -0.15) is 0 Å². The van der Waals surface area contributed by atoms with Gasteiger partial charge in [-0.15, -0.1) is 0 Å². The Kier molecular flexibility index (Phi) is 5.75. The van der Waals surface area contributed by atoms with Crippen LogP contribution < -0.4 is 5.32 Å². The molecule has 0 aliphatic heterocycles. The minimum atomic E-state index is -0.847. The first kappa shape index (κ1) is 14.3. The topological polar surface area (TPSA) is 49.3 Å². The predicted molar refractivity (Wildman–Crippen MR) is 69.9 cm³/mol. The van der Waals surface area contributed by atoms with Gasteiger partial charge in [0.25, 0.3) is 0 Å². The van der Waals surface area contributed by atoms with Crippen LogP contribution in [-0.4, -0.2) is 23.7 Å². The van der Waals surface area contributed by atoms with Gasteiger partial charge in [0.05, 0.1) is 0 Å². The average Bonchev–Trinajstić information content (AvgIpc) is 2.27. The molecule has 17 heavy (non-hydrogen) atoms. The Bertz CT molecular complexity index is 376. The summed E-state index contributed by atoms with van der Waals surface area (Å²) in [5, 5.41) is 12.9. The van der Waals surface area contributed by atoms with Gasteiger partial charge in [0.15, 0.2) is 0 Å². The molecule has 1 atom stereocenters. The molecule has 1 rings (SSSR count). The summed E-state index contributed by atoms with van der Waals surface area (Å²) in [6.07, 6.45) is 1.53. The summed E-state index contributed by atoms with van der Waals surface area (Å²) in [6.45, 7) is 2.24. The Balaban J connectivity index is 2.39. The second kappa shape index (κ2) is 6.84. The summed E-state index contributed by atoms with van der Waals surface area (Å²) >= 11 is 12.0. The minimum absolute atomic E-state index is 0.531. The quantitative estimate of drug-likeness (QED) is 0.785. The maximum Gasteiger partial charge on any atom is 0.320 e.